The Bertz CT molecular complexity index is 482. The number of pyridine rings is 1. The number of nitrogens with zero attached hydrogens (tertiary/aromatic N) is 2. The first-order valence-corrected chi connectivity index (χ1v) is 5.79. The van der Waals surface area contributed by atoms with Crippen LogP contribution in [0.4, 0.5) is 13.2 Å². The molecule has 9 heteroatoms. The number of ether oxygens (including phenoxy) is 1. The number of rotatable bonds is 5. The third-order valence-electron chi connectivity index (χ3n) is 2.24. The second-order valence-electron chi connectivity index (χ2n) is 3.71. The Morgan fingerprint density at radius 2 is 2.15 bits per heavy atom. The first-order chi connectivity index (χ1) is 9.24. The van der Waals surface area contributed by atoms with E-state index in [1.807, 2.05) is 0 Å². The number of halogens is 4. The second kappa shape index (κ2) is 6.76. The Morgan fingerprint density at radius 3 is 2.65 bits per heavy atom. The molecule has 0 N–H and O–H groups in total. The number of hydrogen-bond donors (Lipinski definition) is 0. The van der Waals surface area contributed by atoms with Gasteiger partial charge in [0.05, 0.1) is 25.7 Å². The fourth-order valence-electron chi connectivity index (χ4n) is 1.18. The van der Waals surface area contributed by atoms with E-state index in [2.05, 4.69) is 4.98 Å². The Kier molecular flexibility index (Phi) is 5.58. The number of carbonyl (C=O) groups excluding carboxylic acids is 1. The fourth-order valence-corrected chi connectivity index (χ4v) is 1.40. The molecular formula is C11H12ClF3N2O3. The van der Waals surface area contributed by atoms with Crippen molar-refractivity contribution in [3.63, 3.8) is 0 Å². The summed E-state index contributed by atoms with van der Waals surface area (Å²) in [5, 5.41) is 0.903. The fraction of sp³-hybridized carbons (Fsp3) is 0.455. The van der Waals surface area contributed by atoms with Gasteiger partial charge in [0.2, 0.25) is 5.88 Å². The minimum absolute atomic E-state index is 0.0532. The normalized spacial score (nSPS) is 11.3. The van der Waals surface area contributed by atoms with E-state index in [4.69, 9.17) is 21.2 Å². The summed E-state index contributed by atoms with van der Waals surface area (Å²) in [5.74, 6) is -0.656. The van der Waals surface area contributed by atoms with Crippen LogP contribution in [0.25, 0.3) is 0 Å². The highest BCUT2D eigenvalue weighted by atomic mass is 35.5. The molecular weight excluding hydrogens is 301 g/mol. The summed E-state index contributed by atoms with van der Waals surface area (Å²) in [5.41, 5.74) is 0.127. The van der Waals surface area contributed by atoms with Crippen molar-refractivity contribution in [2.45, 2.75) is 12.6 Å². The van der Waals surface area contributed by atoms with Crippen LogP contribution in [-0.2, 0) is 4.84 Å². The van der Waals surface area contributed by atoms with Gasteiger partial charge < -0.3 is 4.74 Å². The van der Waals surface area contributed by atoms with Crippen LogP contribution < -0.4 is 4.74 Å². The summed E-state index contributed by atoms with van der Waals surface area (Å²) >= 11 is 5.79. The summed E-state index contributed by atoms with van der Waals surface area (Å²) < 4.78 is 40.7. The molecule has 0 unspecified atom stereocenters. The van der Waals surface area contributed by atoms with Crippen LogP contribution >= 0.6 is 11.6 Å². The zero-order valence-electron chi connectivity index (χ0n) is 10.7. The molecule has 0 aliphatic carbocycles. The molecule has 0 aliphatic rings. The molecule has 20 heavy (non-hydrogen) atoms. The average molecular weight is 313 g/mol. The molecule has 112 valence electrons. The van der Waals surface area contributed by atoms with Crippen molar-refractivity contribution in [1.82, 2.24) is 10.0 Å². The molecule has 0 spiro atoms. The molecule has 1 rings (SSSR count). The van der Waals surface area contributed by atoms with Crippen LogP contribution in [0.1, 0.15) is 16.8 Å². The minimum Gasteiger partial charge on any atom is -0.476 e. The van der Waals surface area contributed by atoms with E-state index in [1.54, 1.807) is 0 Å². The lowest BCUT2D eigenvalue weighted by Crippen LogP contribution is -2.25. The number of amides is 1. The van der Waals surface area contributed by atoms with Gasteiger partial charge in [-0.25, -0.2) is 10.0 Å². The number of aromatic nitrogens is 1. The SMILES string of the molecule is CON(C)C(=O)c1cnc(OCCC(F)(F)F)c(Cl)c1. The van der Waals surface area contributed by atoms with Gasteiger partial charge in [0.15, 0.2) is 0 Å². The zero-order valence-corrected chi connectivity index (χ0v) is 11.5. The molecule has 0 aliphatic heterocycles. The van der Waals surface area contributed by atoms with E-state index < -0.39 is 25.1 Å². The smallest absolute Gasteiger partial charge is 0.392 e. The molecule has 1 amide bonds. The predicted molar refractivity (Wildman–Crippen MR) is 64.5 cm³/mol. The average Bonchev–Trinajstić information content (AvgIpc) is 2.37. The maximum atomic E-state index is 12.0. The highest BCUT2D eigenvalue weighted by molar-refractivity contribution is 6.32. The molecule has 0 saturated carbocycles. The summed E-state index contributed by atoms with van der Waals surface area (Å²) in [4.78, 5) is 20.1. The van der Waals surface area contributed by atoms with Crippen LogP contribution in [-0.4, -0.2) is 42.9 Å². The Balaban J connectivity index is 2.71. The maximum Gasteiger partial charge on any atom is 0.392 e. The third-order valence-corrected chi connectivity index (χ3v) is 2.51. The van der Waals surface area contributed by atoms with Gasteiger partial charge in [-0.1, -0.05) is 11.6 Å². The molecule has 0 saturated heterocycles. The molecule has 1 heterocycles. The molecule has 0 fully saturated rings. The highest BCUT2D eigenvalue weighted by Crippen LogP contribution is 2.25. The van der Waals surface area contributed by atoms with E-state index in [-0.39, 0.29) is 16.5 Å². The van der Waals surface area contributed by atoms with Crippen molar-refractivity contribution in [2.75, 3.05) is 20.8 Å². The standard InChI is InChI=1S/C11H12ClF3N2O3/c1-17(19-2)10(18)7-5-8(12)9(16-6-7)20-4-3-11(13,14)15/h5-6H,3-4H2,1-2H3. The van der Waals surface area contributed by atoms with Crippen LogP contribution in [0.15, 0.2) is 12.3 Å². The molecule has 0 radical (unpaired) electrons. The molecule has 1 aromatic heterocycles. The lowest BCUT2D eigenvalue weighted by Gasteiger charge is -2.14. The third kappa shape index (κ3) is 4.86. The van der Waals surface area contributed by atoms with E-state index in [0.29, 0.717) is 0 Å². The quantitative estimate of drug-likeness (QED) is 0.784. The maximum absolute atomic E-state index is 12.0. The molecule has 0 bridgehead atoms. The number of alkyl halides is 3. The van der Waals surface area contributed by atoms with Gasteiger partial charge in [-0.15, -0.1) is 0 Å². The highest BCUT2D eigenvalue weighted by Gasteiger charge is 2.27. The van der Waals surface area contributed by atoms with Crippen molar-refractivity contribution < 1.29 is 27.5 Å². The summed E-state index contributed by atoms with van der Waals surface area (Å²) in [7, 11) is 2.70. The lowest BCUT2D eigenvalue weighted by molar-refractivity contribution is -0.139. The van der Waals surface area contributed by atoms with Gasteiger partial charge in [0.25, 0.3) is 5.91 Å². The second-order valence-corrected chi connectivity index (χ2v) is 4.12. The predicted octanol–water partition coefficient (Wildman–Crippen LogP) is 2.70. The van der Waals surface area contributed by atoms with Crippen LogP contribution in [0.3, 0.4) is 0 Å². The Hall–Kier alpha value is -1.54. The largest absolute Gasteiger partial charge is 0.476 e. The van der Waals surface area contributed by atoms with Gasteiger partial charge in [0, 0.05) is 13.2 Å². The van der Waals surface area contributed by atoms with Crippen molar-refractivity contribution in [1.29, 1.82) is 0 Å². The summed E-state index contributed by atoms with van der Waals surface area (Å²) in [6, 6.07) is 1.25. The number of carbonyl (C=O) groups is 1. The first kappa shape index (κ1) is 16.5. The van der Waals surface area contributed by atoms with Crippen molar-refractivity contribution in [3.05, 3.63) is 22.8 Å². The monoisotopic (exact) mass is 312 g/mol. The lowest BCUT2D eigenvalue weighted by atomic mass is 10.2. The zero-order chi connectivity index (χ0) is 15.3. The van der Waals surface area contributed by atoms with Gasteiger partial charge in [0.1, 0.15) is 5.02 Å². The van der Waals surface area contributed by atoms with Crippen LogP contribution in [0, 0.1) is 0 Å². The van der Waals surface area contributed by atoms with E-state index in [0.717, 1.165) is 11.3 Å². The van der Waals surface area contributed by atoms with E-state index in [9.17, 15) is 18.0 Å². The van der Waals surface area contributed by atoms with Gasteiger partial charge >= 0.3 is 6.18 Å². The van der Waals surface area contributed by atoms with Gasteiger partial charge in [-0.2, -0.15) is 13.2 Å². The van der Waals surface area contributed by atoms with Crippen LogP contribution in [0.2, 0.25) is 5.02 Å². The molecule has 0 atom stereocenters. The number of hydroxylamine groups is 2. The van der Waals surface area contributed by atoms with Gasteiger partial charge in [-0.05, 0) is 6.07 Å². The summed E-state index contributed by atoms with van der Waals surface area (Å²) in [6.07, 6.45) is -4.28. The Labute approximate surface area is 118 Å². The van der Waals surface area contributed by atoms with Crippen molar-refractivity contribution in [3.8, 4) is 5.88 Å². The topological polar surface area (TPSA) is 51.7 Å². The summed E-state index contributed by atoms with van der Waals surface area (Å²) in [6.45, 7) is -0.596. The first-order valence-electron chi connectivity index (χ1n) is 5.42. The Morgan fingerprint density at radius 1 is 1.50 bits per heavy atom. The van der Waals surface area contributed by atoms with Crippen molar-refractivity contribution >= 4 is 17.5 Å². The minimum atomic E-state index is -4.32. The van der Waals surface area contributed by atoms with Crippen molar-refractivity contribution in [2.24, 2.45) is 0 Å². The van der Waals surface area contributed by atoms with E-state index in [1.165, 1.54) is 20.2 Å². The number of hydrogen-bond acceptors (Lipinski definition) is 4. The molecule has 1 aromatic rings. The molecule has 0 aromatic carbocycles. The molecule has 5 nitrogen and oxygen atoms in total. The van der Waals surface area contributed by atoms with E-state index >= 15 is 0 Å². The van der Waals surface area contributed by atoms with Gasteiger partial charge in [-0.3, -0.25) is 9.63 Å². The van der Waals surface area contributed by atoms with Crippen LogP contribution in [0.5, 0.6) is 5.88 Å².